The summed E-state index contributed by atoms with van der Waals surface area (Å²) in [6, 6.07) is 9.14. The first-order valence-corrected chi connectivity index (χ1v) is 12.2. The maximum atomic E-state index is 15.0. The summed E-state index contributed by atoms with van der Waals surface area (Å²) in [6.07, 6.45) is 0.315. The summed E-state index contributed by atoms with van der Waals surface area (Å²) in [7, 11) is 0. The highest BCUT2D eigenvalue weighted by Crippen LogP contribution is 2.35. The Morgan fingerprint density at radius 1 is 1.27 bits per heavy atom. The van der Waals surface area contributed by atoms with Crippen LogP contribution in [-0.4, -0.2) is 45.2 Å². The predicted molar refractivity (Wildman–Crippen MR) is 127 cm³/mol. The van der Waals surface area contributed by atoms with Crippen molar-refractivity contribution in [3.05, 3.63) is 57.3 Å². The number of fused-ring (bicyclic) bond motifs is 1. The van der Waals surface area contributed by atoms with Crippen molar-refractivity contribution < 1.29 is 18.1 Å². The number of aryl methyl sites for hydroxylation is 1. The van der Waals surface area contributed by atoms with E-state index in [1.165, 1.54) is 26.7 Å². The quantitative estimate of drug-likeness (QED) is 0.467. The van der Waals surface area contributed by atoms with Crippen LogP contribution in [0.25, 0.3) is 4.96 Å². The number of aromatic nitrogens is 2. The van der Waals surface area contributed by atoms with Crippen molar-refractivity contribution in [2.24, 2.45) is 0 Å². The van der Waals surface area contributed by atoms with Crippen LogP contribution in [0.5, 0.6) is 5.88 Å². The molecule has 3 heterocycles. The zero-order valence-electron chi connectivity index (χ0n) is 18.9. The van der Waals surface area contributed by atoms with Crippen molar-refractivity contribution in [2.45, 2.75) is 56.7 Å². The monoisotopic (exact) mass is 491 g/mol. The third-order valence-electron chi connectivity index (χ3n) is 5.16. The highest BCUT2D eigenvalue weighted by molar-refractivity contribution is 7.95. The van der Waals surface area contributed by atoms with Crippen molar-refractivity contribution in [1.29, 1.82) is 0 Å². The number of halogens is 1. The van der Waals surface area contributed by atoms with Gasteiger partial charge in [0, 0.05) is 28.4 Å². The molecule has 0 spiro atoms. The molecular formula is C23H26FN3O4S2. The highest BCUT2D eigenvalue weighted by atomic mass is 32.2. The molecule has 2 aromatic heterocycles. The number of piperidine rings is 1. The van der Waals surface area contributed by atoms with Gasteiger partial charge in [0.25, 0.3) is 5.56 Å². The number of alkyl halides is 1. The Labute approximate surface area is 199 Å². The second-order valence-electron chi connectivity index (χ2n) is 9.04. The Hall–Kier alpha value is -2.59. The molecule has 4 rings (SSSR count). The van der Waals surface area contributed by atoms with Crippen LogP contribution in [0.1, 0.15) is 43.6 Å². The molecule has 3 aromatic rings. The van der Waals surface area contributed by atoms with Gasteiger partial charge in [0.15, 0.2) is 4.96 Å². The molecule has 1 saturated heterocycles. The van der Waals surface area contributed by atoms with E-state index in [-0.39, 0.29) is 18.0 Å². The molecule has 1 aromatic carbocycles. The van der Waals surface area contributed by atoms with Gasteiger partial charge >= 0.3 is 6.09 Å². The third-order valence-corrected chi connectivity index (χ3v) is 7.00. The van der Waals surface area contributed by atoms with Gasteiger partial charge in [0.2, 0.25) is 5.88 Å². The van der Waals surface area contributed by atoms with Crippen LogP contribution in [0.3, 0.4) is 0 Å². The maximum absolute atomic E-state index is 15.0. The van der Waals surface area contributed by atoms with E-state index in [4.69, 9.17) is 8.92 Å². The third kappa shape index (κ3) is 5.67. The fraction of sp³-hybridized carbons (Fsp3) is 0.435. The molecule has 2 atom stereocenters. The van der Waals surface area contributed by atoms with Crippen LogP contribution in [0, 0.1) is 6.92 Å². The molecule has 1 aliphatic rings. The lowest BCUT2D eigenvalue weighted by atomic mass is 9.94. The highest BCUT2D eigenvalue weighted by Gasteiger charge is 2.35. The van der Waals surface area contributed by atoms with Gasteiger partial charge < -0.3 is 13.8 Å². The van der Waals surface area contributed by atoms with E-state index in [0.29, 0.717) is 17.9 Å². The van der Waals surface area contributed by atoms with Crippen LogP contribution in [0.2, 0.25) is 0 Å². The molecule has 33 heavy (non-hydrogen) atoms. The van der Waals surface area contributed by atoms with Gasteiger partial charge in [-0.05, 0) is 46.2 Å². The smallest absolute Gasteiger partial charge is 0.410 e. The lowest BCUT2D eigenvalue weighted by Gasteiger charge is -2.35. The number of amides is 1. The van der Waals surface area contributed by atoms with Crippen LogP contribution in [0.4, 0.5) is 9.18 Å². The summed E-state index contributed by atoms with van der Waals surface area (Å²) >= 11 is 2.39. The average Bonchev–Trinajstić information content (AvgIpc) is 3.16. The largest absolute Gasteiger partial charge is 0.444 e. The summed E-state index contributed by atoms with van der Waals surface area (Å²) in [5.74, 6) is -0.211. The number of rotatable bonds is 4. The second-order valence-corrected chi connectivity index (χ2v) is 10.9. The number of carbonyl (C=O) groups is 1. The number of benzene rings is 1. The fourth-order valence-corrected chi connectivity index (χ4v) is 5.19. The molecule has 1 amide bonds. The van der Waals surface area contributed by atoms with Gasteiger partial charge in [-0.3, -0.25) is 9.20 Å². The molecule has 1 aliphatic heterocycles. The molecule has 176 valence electrons. The van der Waals surface area contributed by atoms with E-state index in [2.05, 4.69) is 4.98 Å². The first-order valence-electron chi connectivity index (χ1n) is 10.7. The van der Waals surface area contributed by atoms with E-state index >= 15 is 4.39 Å². The molecule has 7 nitrogen and oxygen atoms in total. The fourth-order valence-electron chi connectivity index (χ4n) is 3.52. The summed E-state index contributed by atoms with van der Waals surface area (Å²) in [6.45, 7) is 7.69. The lowest BCUT2D eigenvalue weighted by Crippen LogP contribution is -2.46. The molecule has 0 bridgehead atoms. The lowest BCUT2D eigenvalue weighted by molar-refractivity contribution is 0.0113. The number of thiazole rings is 1. The number of nitrogens with zero attached hydrogens (tertiary/aromatic N) is 3. The van der Waals surface area contributed by atoms with Crippen molar-refractivity contribution in [3.8, 4) is 5.88 Å². The number of ether oxygens (including phenoxy) is 1. The second kappa shape index (κ2) is 9.34. The zero-order valence-corrected chi connectivity index (χ0v) is 20.5. The SMILES string of the molecule is Cc1ccc(SOc2cc(=O)n3cc([C@@H]4CCN(C(=O)OC(C)(C)C)C[C@H]4F)sc3n2)cc1. The Morgan fingerprint density at radius 2 is 2.00 bits per heavy atom. The van der Waals surface area contributed by atoms with Gasteiger partial charge in [0.05, 0.1) is 24.7 Å². The Kier molecular flexibility index (Phi) is 6.67. The zero-order chi connectivity index (χ0) is 23.8. The molecule has 0 unspecified atom stereocenters. The predicted octanol–water partition coefficient (Wildman–Crippen LogP) is 5.21. The van der Waals surface area contributed by atoms with Gasteiger partial charge in [-0.2, -0.15) is 4.98 Å². The average molecular weight is 492 g/mol. The summed E-state index contributed by atoms with van der Waals surface area (Å²) in [4.78, 5) is 32.7. The van der Waals surface area contributed by atoms with Crippen LogP contribution >= 0.6 is 23.4 Å². The van der Waals surface area contributed by atoms with Crippen LogP contribution in [0.15, 0.2) is 46.2 Å². The van der Waals surface area contributed by atoms with Crippen molar-refractivity contribution in [3.63, 3.8) is 0 Å². The minimum atomic E-state index is -1.26. The van der Waals surface area contributed by atoms with Gasteiger partial charge in [-0.1, -0.05) is 17.7 Å². The normalized spacial score (nSPS) is 19.0. The molecule has 0 radical (unpaired) electrons. The van der Waals surface area contributed by atoms with E-state index in [1.54, 1.807) is 27.0 Å². The Balaban J connectivity index is 1.46. The first-order chi connectivity index (χ1) is 15.6. The summed E-state index contributed by atoms with van der Waals surface area (Å²) < 4.78 is 27.5. The first kappa shape index (κ1) is 23.6. The van der Waals surface area contributed by atoms with Crippen molar-refractivity contribution >= 4 is 34.4 Å². The minimum absolute atomic E-state index is 0.0439. The van der Waals surface area contributed by atoms with E-state index in [0.717, 1.165) is 27.4 Å². The number of likely N-dealkylation sites (tertiary alicyclic amines) is 1. The summed E-state index contributed by atoms with van der Waals surface area (Å²) in [5, 5.41) is 0. The van der Waals surface area contributed by atoms with E-state index in [1.807, 2.05) is 31.2 Å². The van der Waals surface area contributed by atoms with Gasteiger partial charge in [-0.25, -0.2) is 9.18 Å². The van der Waals surface area contributed by atoms with E-state index in [9.17, 15) is 9.59 Å². The summed E-state index contributed by atoms with van der Waals surface area (Å²) in [5.41, 5.74) is 0.227. The van der Waals surface area contributed by atoms with Gasteiger partial charge in [0.1, 0.15) is 11.8 Å². The minimum Gasteiger partial charge on any atom is -0.444 e. The molecular weight excluding hydrogens is 465 g/mol. The number of hydrogen-bond acceptors (Lipinski definition) is 7. The van der Waals surface area contributed by atoms with E-state index < -0.39 is 23.8 Å². The maximum Gasteiger partial charge on any atom is 0.410 e. The van der Waals surface area contributed by atoms with Crippen LogP contribution < -0.4 is 9.74 Å². The molecule has 0 saturated carbocycles. The number of carbonyl (C=O) groups excluding carboxylic acids is 1. The van der Waals surface area contributed by atoms with Crippen molar-refractivity contribution in [1.82, 2.24) is 14.3 Å². The number of hydrogen-bond donors (Lipinski definition) is 0. The van der Waals surface area contributed by atoms with Gasteiger partial charge in [-0.15, -0.1) is 11.3 Å². The topological polar surface area (TPSA) is 73.1 Å². The van der Waals surface area contributed by atoms with Crippen molar-refractivity contribution in [2.75, 3.05) is 13.1 Å². The molecule has 0 N–H and O–H groups in total. The molecule has 10 heteroatoms. The molecule has 1 fully saturated rings. The Morgan fingerprint density at radius 3 is 2.67 bits per heavy atom. The molecule has 0 aliphatic carbocycles. The standard InChI is InChI=1S/C23H26FN3O4S2/c1-14-5-7-15(8-6-14)33-31-19-11-20(28)27-13-18(32-21(27)25-19)16-9-10-26(12-17(16)24)22(29)30-23(2,3)4/h5-8,11,13,16-17H,9-10,12H2,1-4H3/t16-,17-/m1/s1. The van der Waals surface area contributed by atoms with Crippen LogP contribution in [-0.2, 0) is 4.74 Å². The Bertz CT molecular complexity index is 1200.